The Labute approximate surface area is 180 Å². The number of nitrogens with zero attached hydrogens (tertiary/aromatic N) is 3. The van der Waals surface area contributed by atoms with Gasteiger partial charge in [0.2, 0.25) is 0 Å². The summed E-state index contributed by atoms with van der Waals surface area (Å²) in [6.07, 6.45) is -1.05. The summed E-state index contributed by atoms with van der Waals surface area (Å²) in [6.45, 7) is 4.31. The van der Waals surface area contributed by atoms with Crippen LogP contribution in [0.15, 0.2) is 29.9 Å². The van der Waals surface area contributed by atoms with Crippen LogP contribution in [0.4, 0.5) is 13.2 Å². The largest absolute Gasteiger partial charge is 0.490 e. The van der Waals surface area contributed by atoms with Crippen molar-refractivity contribution in [2.75, 3.05) is 26.2 Å². The summed E-state index contributed by atoms with van der Waals surface area (Å²) < 4.78 is 39.5. The maximum Gasteiger partial charge on any atom is 0.490 e. The number of rotatable bonds is 5. The van der Waals surface area contributed by atoms with Gasteiger partial charge in [0.25, 0.3) is 5.91 Å². The van der Waals surface area contributed by atoms with Crippen LogP contribution < -0.4 is 5.32 Å². The van der Waals surface area contributed by atoms with Crippen molar-refractivity contribution in [1.29, 1.82) is 0 Å². The molecule has 1 amide bonds. The topological polar surface area (TPSA) is 96.7 Å². The van der Waals surface area contributed by atoms with Gasteiger partial charge >= 0.3 is 12.1 Å². The van der Waals surface area contributed by atoms with Crippen LogP contribution in [0.5, 0.6) is 0 Å². The first-order valence-electron chi connectivity index (χ1n) is 9.57. The lowest BCUT2D eigenvalue weighted by molar-refractivity contribution is -0.192. The SMILES string of the molecule is Cn1cccc1C(=O)NC[C@@H]1CO[C@@H]2CN(Cc3nccs3)C[C@H]12.O=C(O)C(F)(F)F. The average Bonchev–Trinajstić information content (AvgIpc) is 3.46. The molecule has 2 aromatic rings. The molecule has 2 N–H and O–H groups in total. The van der Waals surface area contributed by atoms with E-state index < -0.39 is 12.1 Å². The van der Waals surface area contributed by atoms with E-state index >= 15 is 0 Å². The summed E-state index contributed by atoms with van der Waals surface area (Å²) in [4.78, 5) is 27.9. The minimum Gasteiger partial charge on any atom is -0.475 e. The third kappa shape index (κ3) is 6.05. The van der Waals surface area contributed by atoms with Crippen LogP contribution in [0.25, 0.3) is 0 Å². The van der Waals surface area contributed by atoms with Crippen LogP contribution in [0.2, 0.25) is 0 Å². The Hall–Kier alpha value is -2.44. The fourth-order valence-electron chi connectivity index (χ4n) is 3.75. The van der Waals surface area contributed by atoms with Crippen LogP contribution in [-0.4, -0.2) is 70.0 Å². The number of thiazole rings is 1. The number of hydrogen-bond donors (Lipinski definition) is 2. The van der Waals surface area contributed by atoms with Gasteiger partial charge in [-0.2, -0.15) is 13.2 Å². The molecule has 2 aliphatic heterocycles. The first-order chi connectivity index (χ1) is 14.6. The Morgan fingerprint density at radius 1 is 1.39 bits per heavy atom. The maximum atomic E-state index is 12.3. The minimum absolute atomic E-state index is 0.0106. The molecule has 2 aromatic heterocycles. The number of aromatic nitrogens is 2. The maximum absolute atomic E-state index is 12.3. The lowest BCUT2D eigenvalue weighted by Gasteiger charge is -2.19. The molecule has 2 saturated heterocycles. The smallest absolute Gasteiger partial charge is 0.475 e. The molecule has 4 rings (SSSR count). The van der Waals surface area contributed by atoms with Crippen LogP contribution in [-0.2, 0) is 23.1 Å². The van der Waals surface area contributed by atoms with Gasteiger partial charge in [-0.3, -0.25) is 9.69 Å². The number of carbonyl (C=O) groups is 2. The highest BCUT2D eigenvalue weighted by molar-refractivity contribution is 7.09. The van der Waals surface area contributed by atoms with E-state index in [4.69, 9.17) is 14.6 Å². The monoisotopic (exact) mass is 460 g/mol. The third-order valence-corrected chi connectivity index (χ3v) is 6.06. The van der Waals surface area contributed by atoms with Gasteiger partial charge in [0, 0.05) is 56.3 Å². The molecule has 3 atom stereocenters. The normalized spacial score (nSPS) is 23.2. The van der Waals surface area contributed by atoms with Crippen molar-refractivity contribution in [3.8, 4) is 0 Å². The Morgan fingerprint density at radius 2 is 2.13 bits per heavy atom. The number of halogens is 3. The number of fused-ring (bicyclic) bond motifs is 1. The predicted octanol–water partition coefficient (Wildman–Crippen LogP) is 1.99. The second-order valence-electron chi connectivity index (χ2n) is 7.43. The van der Waals surface area contributed by atoms with Crippen molar-refractivity contribution in [2.45, 2.75) is 18.8 Å². The number of hydrogen-bond acceptors (Lipinski definition) is 6. The molecule has 12 heteroatoms. The second kappa shape index (κ2) is 9.79. The van der Waals surface area contributed by atoms with Gasteiger partial charge in [-0.05, 0) is 12.1 Å². The standard InChI is InChI=1S/C17H22N4O2S.C2HF3O2/c1-20-5-2-3-14(20)17(22)19-7-12-11-23-15-9-21(8-13(12)15)10-16-18-4-6-24-16;3-2(4,5)1(6)7/h2-6,12-13,15H,7-11H2,1H3,(H,19,22);(H,6,7)/t12-,13-,15-;/m1./s1. The van der Waals surface area contributed by atoms with E-state index in [1.807, 2.05) is 41.5 Å². The van der Waals surface area contributed by atoms with E-state index in [9.17, 15) is 18.0 Å². The van der Waals surface area contributed by atoms with Gasteiger partial charge in [-0.25, -0.2) is 9.78 Å². The molecule has 31 heavy (non-hydrogen) atoms. The van der Waals surface area contributed by atoms with Crippen molar-refractivity contribution < 1.29 is 32.6 Å². The van der Waals surface area contributed by atoms with E-state index in [2.05, 4.69) is 15.2 Å². The molecule has 0 radical (unpaired) electrons. The lowest BCUT2D eigenvalue weighted by Crippen LogP contribution is -2.34. The van der Waals surface area contributed by atoms with E-state index in [-0.39, 0.29) is 5.91 Å². The molecule has 0 aliphatic carbocycles. The summed E-state index contributed by atoms with van der Waals surface area (Å²) in [5.74, 6) is -1.88. The summed E-state index contributed by atoms with van der Waals surface area (Å²) in [5, 5.41) is 13.4. The van der Waals surface area contributed by atoms with Gasteiger partial charge in [0.05, 0.1) is 19.3 Å². The Kier molecular flexibility index (Phi) is 7.34. The van der Waals surface area contributed by atoms with Crippen molar-refractivity contribution in [1.82, 2.24) is 19.8 Å². The molecule has 0 aromatic carbocycles. The highest BCUT2D eigenvalue weighted by Gasteiger charge is 2.43. The molecular formula is C19H23F3N4O4S. The van der Waals surface area contributed by atoms with Gasteiger partial charge < -0.3 is 19.7 Å². The van der Waals surface area contributed by atoms with Gasteiger partial charge in [0.1, 0.15) is 10.7 Å². The van der Waals surface area contributed by atoms with Crippen molar-refractivity contribution in [3.05, 3.63) is 40.6 Å². The first kappa shape index (κ1) is 23.2. The Bertz CT molecular complexity index is 887. The molecule has 4 heterocycles. The fourth-order valence-corrected chi connectivity index (χ4v) is 4.41. The van der Waals surface area contributed by atoms with E-state index in [0.29, 0.717) is 30.2 Å². The van der Waals surface area contributed by atoms with Crippen LogP contribution in [0, 0.1) is 11.8 Å². The number of nitrogens with one attached hydrogen (secondary N) is 1. The summed E-state index contributed by atoms with van der Waals surface area (Å²) in [5.41, 5.74) is 0.697. The van der Waals surface area contributed by atoms with Crippen LogP contribution in [0.1, 0.15) is 15.5 Å². The number of aryl methyl sites for hydroxylation is 1. The second-order valence-corrected chi connectivity index (χ2v) is 8.41. The van der Waals surface area contributed by atoms with Crippen molar-refractivity contribution in [3.63, 3.8) is 0 Å². The summed E-state index contributed by atoms with van der Waals surface area (Å²) in [7, 11) is 1.89. The van der Waals surface area contributed by atoms with E-state index in [0.717, 1.165) is 31.2 Å². The zero-order chi connectivity index (χ0) is 22.6. The Morgan fingerprint density at radius 3 is 2.71 bits per heavy atom. The van der Waals surface area contributed by atoms with Gasteiger partial charge in [-0.15, -0.1) is 11.3 Å². The van der Waals surface area contributed by atoms with Crippen molar-refractivity contribution in [2.24, 2.45) is 18.9 Å². The molecule has 2 fully saturated rings. The molecule has 170 valence electrons. The summed E-state index contributed by atoms with van der Waals surface area (Å²) in [6, 6.07) is 3.73. The number of likely N-dealkylation sites (tertiary alicyclic amines) is 1. The van der Waals surface area contributed by atoms with Gasteiger partial charge in [-0.1, -0.05) is 0 Å². The highest BCUT2D eigenvalue weighted by atomic mass is 32.1. The third-order valence-electron chi connectivity index (χ3n) is 5.30. The highest BCUT2D eigenvalue weighted by Crippen LogP contribution is 2.34. The van der Waals surface area contributed by atoms with E-state index in [1.54, 1.807) is 11.3 Å². The van der Waals surface area contributed by atoms with E-state index in [1.165, 1.54) is 0 Å². The van der Waals surface area contributed by atoms with Crippen LogP contribution in [0.3, 0.4) is 0 Å². The number of carboxylic acids is 1. The number of carbonyl (C=O) groups excluding carboxylic acids is 1. The number of carboxylic acid groups (broad SMARTS) is 1. The molecule has 0 unspecified atom stereocenters. The quantitative estimate of drug-likeness (QED) is 0.709. The molecule has 0 saturated carbocycles. The number of aliphatic carboxylic acids is 1. The molecule has 0 spiro atoms. The number of amides is 1. The first-order valence-corrected chi connectivity index (χ1v) is 10.4. The number of alkyl halides is 3. The average molecular weight is 460 g/mol. The lowest BCUT2D eigenvalue weighted by atomic mass is 9.93. The molecule has 2 aliphatic rings. The predicted molar refractivity (Wildman–Crippen MR) is 106 cm³/mol. The van der Waals surface area contributed by atoms with Gasteiger partial charge in [0.15, 0.2) is 0 Å². The minimum atomic E-state index is -5.08. The van der Waals surface area contributed by atoms with Crippen molar-refractivity contribution >= 4 is 23.2 Å². The summed E-state index contributed by atoms with van der Waals surface area (Å²) >= 11 is 1.70. The molecule has 8 nitrogen and oxygen atoms in total. The fraction of sp³-hybridized carbons (Fsp3) is 0.526. The molecule has 0 bridgehead atoms. The molecular weight excluding hydrogens is 437 g/mol. The number of ether oxygens (including phenoxy) is 1. The zero-order valence-electron chi connectivity index (χ0n) is 16.7. The van der Waals surface area contributed by atoms with Crippen LogP contribution >= 0.6 is 11.3 Å². The Balaban J connectivity index is 0.000000339. The zero-order valence-corrected chi connectivity index (χ0v) is 17.5.